The highest BCUT2D eigenvalue weighted by Crippen LogP contribution is 2.09. The second kappa shape index (κ2) is 3.96. The maximum atomic E-state index is 11.9. The number of fused-ring (bicyclic) bond motifs is 1. The van der Waals surface area contributed by atoms with Gasteiger partial charge in [0, 0.05) is 11.1 Å². The first-order valence-electron chi connectivity index (χ1n) is 5.34. The van der Waals surface area contributed by atoms with E-state index in [-0.39, 0.29) is 16.5 Å². The van der Waals surface area contributed by atoms with Crippen molar-refractivity contribution in [1.82, 2.24) is 4.98 Å². The number of rotatable bonds is 2. The topological polar surface area (TPSA) is 63.1 Å². The minimum atomic E-state index is -0.212. The molecule has 0 unspecified atom stereocenters. The van der Waals surface area contributed by atoms with E-state index < -0.39 is 0 Å². The quantitative estimate of drug-likeness (QED) is 0.834. The molecule has 0 aromatic carbocycles. The number of pyridine rings is 1. The molecule has 0 spiro atoms. The standard InChI is InChI=1S/C12H13NO3/c1-3-7-5-9-10(13-12(7)15)11(14)8(4-2)6-16-9/h5-6H,3-4H2,1-2H3,(H,13,15). The summed E-state index contributed by atoms with van der Waals surface area (Å²) in [7, 11) is 0. The van der Waals surface area contributed by atoms with Crippen molar-refractivity contribution in [2.45, 2.75) is 26.7 Å². The summed E-state index contributed by atoms with van der Waals surface area (Å²) in [4.78, 5) is 26.1. The predicted octanol–water partition coefficient (Wildman–Crippen LogP) is 1.61. The normalized spacial score (nSPS) is 10.9. The first-order chi connectivity index (χ1) is 7.67. The Labute approximate surface area is 91.9 Å². The summed E-state index contributed by atoms with van der Waals surface area (Å²) in [5.41, 5.74) is 1.55. The molecule has 2 rings (SSSR count). The molecule has 0 bridgehead atoms. The lowest BCUT2D eigenvalue weighted by atomic mass is 10.1. The van der Waals surface area contributed by atoms with Crippen LogP contribution in [0.2, 0.25) is 0 Å². The smallest absolute Gasteiger partial charge is 0.251 e. The van der Waals surface area contributed by atoms with Crippen molar-refractivity contribution in [3.05, 3.63) is 44.0 Å². The zero-order valence-electron chi connectivity index (χ0n) is 9.29. The molecule has 0 saturated carbocycles. The summed E-state index contributed by atoms with van der Waals surface area (Å²) >= 11 is 0. The average molecular weight is 219 g/mol. The van der Waals surface area contributed by atoms with Gasteiger partial charge in [0.15, 0.2) is 5.58 Å². The second-order valence-electron chi connectivity index (χ2n) is 3.66. The molecule has 0 aliphatic rings. The number of nitrogens with one attached hydrogen (secondary N) is 1. The molecule has 0 atom stereocenters. The molecule has 84 valence electrons. The molecule has 2 aromatic rings. The van der Waals surface area contributed by atoms with Gasteiger partial charge in [-0.05, 0) is 18.9 Å². The molecule has 0 radical (unpaired) electrons. The van der Waals surface area contributed by atoms with Crippen LogP contribution in [0.5, 0.6) is 0 Å². The number of aryl methyl sites for hydroxylation is 2. The fourth-order valence-corrected chi connectivity index (χ4v) is 1.67. The third-order valence-electron chi connectivity index (χ3n) is 2.69. The summed E-state index contributed by atoms with van der Waals surface area (Å²) in [6.45, 7) is 3.76. The van der Waals surface area contributed by atoms with E-state index in [0.29, 0.717) is 29.6 Å². The van der Waals surface area contributed by atoms with Crippen LogP contribution in [0.1, 0.15) is 25.0 Å². The fourth-order valence-electron chi connectivity index (χ4n) is 1.67. The number of aromatic nitrogens is 1. The molecule has 16 heavy (non-hydrogen) atoms. The van der Waals surface area contributed by atoms with Crippen LogP contribution >= 0.6 is 0 Å². The van der Waals surface area contributed by atoms with Crippen LogP contribution in [-0.4, -0.2) is 4.98 Å². The number of H-pyrrole nitrogens is 1. The molecule has 1 N–H and O–H groups in total. The van der Waals surface area contributed by atoms with E-state index in [1.807, 2.05) is 13.8 Å². The van der Waals surface area contributed by atoms with E-state index in [4.69, 9.17) is 4.42 Å². The lowest BCUT2D eigenvalue weighted by Gasteiger charge is -2.01. The number of hydrogen-bond acceptors (Lipinski definition) is 3. The fraction of sp³-hybridized carbons (Fsp3) is 0.333. The maximum Gasteiger partial charge on any atom is 0.251 e. The van der Waals surface area contributed by atoms with Crippen LogP contribution in [0.3, 0.4) is 0 Å². The lowest BCUT2D eigenvalue weighted by Crippen LogP contribution is -2.17. The van der Waals surface area contributed by atoms with Crippen LogP contribution in [0, 0.1) is 0 Å². The third kappa shape index (κ3) is 1.56. The molecule has 0 amide bonds. The van der Waals surface area contributed by atoms with Gasteiger partial charge < -0.3 is 9.40 Å². The molecule has 2 heterocycles. The Morgan fingerprint density at radius 3 is 2.50 bits per heavy atom. The molecule has 4 heteroatoms. The largest absolute Gasteiger partial charge is 0.462 e. The van der Waals surface area contributed by atoms with Gasteiger partial charge in [-0.2, -0.15) is 0 Å². The Morgan fingerprint density at radius 2 is 1.88 bits per heavy atom. The van der Waals surface area contributed by atoms with E-state index in [9.17, 15) is 9.59 Å². The molecule has 0 saturated heterocycles. The van der Waals surface area contributed by atoms with Crippen molar-refractivity contribution in [2.24, 2.45) is 0 Å². The monoisotopic (exact) mass is 219 g/mol. The van der Waals surface area contributed by atoms with Gasteiger partial charge >= 0.3 is 0 Å². The zero-order valence-corrected chi connectivity index (χ0v) is 9.29. The molecule has 4 nitrogen and oxygen atoms in total. The van der Waals surface area contributed by atoms with Crippen molar-refractivity contribution < 1.29 is 4.42 Å². The lowest BCUT2D eigenvalue weighted by molar-refractivity contribution is 0.591. The minimum absolute atomic E-state index is 0.150. The molecular formula is C12H13NO3. The molecule has 0 aliphatic heterocycles. The highest BCUT2D eigenvalue weighted by Gasteiger charge is 2.08. The van der Waals surface area contributed by atoms with Gasteiger partial charge in [-0.3, -0.25) is 9.59 Å². The zero-order chi connectivity index (χ0) is 11.7. The van der Waals surface area contributed by atoms with E-state index in [1.165, 1.54) is 6.26 Å². The first-order valence-corrected chi connectivity index (χ1v) is 5.34. The Bertz CT molecular complexity index is 635. The summed E-state index contributed by atoms with van der Waals surface area (Å²) in [5.74, 6) is 0. The minimum Gasteiger partial charge on any atom is -0.462 e. The van der Waals surface area contributed by atoms with Gasteiger partial charge in [-0.15, -0.1) is 0 Å². The van der Waals surface area contributed by atoms with Gasteiger partial charge in [0.25, 0.3) is 5.56 Å². The van der Waals surface area contributed by atoms with E-state index in [0.717, 1.165) is 0 Å². The van der Waals surface area contributed by atoms with E-state index in [2.05, 4.69) is 4.98 Å². The maximum absolute atomic E-state index is 11.9. The van der Waals surface area contributed by atoms with Crippen molar-refractivity contribution in [3.8, 4) is 0 Å². The van der Waals surface area contributed by atoms with Crippen LogP contribution in [-0.2, 0) is 12.8 Å². The Morgan fingerprint density at radius 1 is 1.19 bits per heavy atom. The van der Waals surface area contributed by atoms with Crippen molar-refractivity contribution in [3.63, 3.8) is 0 Å². The molecule has 0 fully saturated rings. The van der Waals surface area contributed by atoms with Crippen LogP contribution in [0.15, 0.2) is 26.3 Å². The summed E-state index contributed by atoms with van der Waals surface area (Å²) in [6.07, 6.45) is 2.67. The van der Waals surface area contributed by atoms with Crippen LogP contribution in [0.4, 0.5) is 0 Å². The van der Waals surface area contributed by atoms with Crippen LogP contribution in [0.25, 0.3) is 11.1 Å². The highest BCUT2D eigenvalue weighted by molar-refractivity contribution is 5.72. The number of aromatic amines is 1. The van der Waals surface area contributed by atoms with Crippen molar-refractivity contribution in [2.75, 3.05) is 0 Å². The van der Waals surface area contributed by atoms with Crippen molar-refractivity contribution >= 4 is 11.1 Å². The Kier molecular flexibility index (Phi) is 2.64. The van der Waals surface area contributed by atoms with Crippen molar-refractivity contribution in [1.29, 1.82) is 0 Å². The van der Waals surface area contributed by atoms with Gasteiger partial charge in [0.05, 0.1) is 6.26 Å². The summed E-state index contributed by atoms with van der Waals surface area (Å²) in [5, 5.41) is 0. The van der Waals surface area contributed by atoms with Gasteiger partial charge in [0.1, 0.15) is 5.52 Å². The second-order valence-corrected chi connectivity index (χ2v) is 3.66. The third-order valence-corrected chi connectivity index (χ3v) is 2.69. The molecule has 2 aromatic heterocycles. The SMILES string of the molecule is CCc1cc2occ(CC)c(=O)c2[nH]c1=O. The van der Waals surface area contributed by atoms with Gasteiger partial charge in [-0.25, -0.2) is 0 Å². The Balaban J connectivity index is 2.86. The highest BCUT2D eigenvalue weighted by atomic mass is 16.3. The average Bonchev–Trinajstić information content (AvgIpc) is 2.30. The first kappa shape index (κ1) is 10.7. The Hall–Kier alpha value is -1.84. The summed E-state index contributed by atoms with van der Waals surface area (Å²) in [6, 6.07) is 1.63. The van der Waals surface area contributed by atoms with Gasteiger partial charge in [0.2, 0.25) is 5.43 Å². The van der Waals surface area contributed by atoms with E-state index in [1.54, 1.807) is 6.07 Å². The summed E-state index contributed by atoms with van der Waals surface area (Å²) < 4.78 is 5.34. The number of hydrogen-bond donors (Lipinski definition) is 1. The molecular weight excluding hydrogens is 206 g/mol. The molecule has 0 aliphatic carbocycles. The van der Waals surface area contributed by atoms with Crippen LogP contribution < -0.4 is 11.0 Å². The predicted molar refractivity (Wildman–Crippen MR) is 61.9 cm³/mol. The van der Waals surface area contributed by atoms with Gasteiger partial charge in [-0.1, -0.05) is 13.8 Å². The van der Waals surface area contributed by atoms with E-state index >= 15 is 0 Å².